The number of methoxy groups -OCH3 is 1. The standard InChI is InChI=1S/C7H13NO7S/c1-15-6(10)4-16(13,14)8-5(2-3-9)7(11)12/h5,8-9H,2-4H2,1H3,(H,11,12)/t5-/m0/s1. The van der Waals surface area contributed by atoms with E-state index < -0.39 is 40.4 Å². The molecule has 0 aromatic heterocycles. The van der Waals surface area contributed by atoms with Crippen LogP contribution in [0.1, 0.15) is 6.42 Å². The summed E-state index contributed by atoms with van der Waals surface area (Å²) in [5.41, 5.74) is 0. The van der Waals surface area contributed by atoms with E-state index in [1.807, 2.05) is 0 Å². The summed E-state index contributed by atoms with van der Waals surface area (Å²) >= 11 is 0. The van der Waals surface area contributed by atoms with Gasteiger partial charge in [0.25, 0.3) is 0 Å². The first-order valence-corrected chi connectivity index (χ1v) is 5.88. The van der Waals surface area contributed by atoms with E-state index >= 15 is 0 Å². The van der Waals surface area contributed by atoms with E-state index in [1.165, 1.54) is 0 Å². The summed E-state index contributed by atoms with van der Waals surface area (Å²) in [5.74, 6) is -3.39. The number of sulfonamides is 1. The number of aliphatic hydroxyl groups excluding tert-OH is 1. The van der Waals surface area contributed by atoms with Gasteiger partial charge in [-0.25, -0.2) is 13.1 Å². The molecule has 0 saturated carbocycles. The molecule has 9 heteroatoms. The number of esters is 1. The minimum absolute atomic E-state index is 0.282. The van der Waals surface area contributed by atoms with Gasteiger partial charge in [-0.05, 0) is 6.42 Å². The molecule has 0 saturated heterocycles. The molecule has 0 aliphatic heterocycles. The van der Waals surface area contributed by atoms with Gasteiger partial charge in [0.15, 0.2) is 5.75 Å². The topological polar surface area (TPSA) is 130 Å². The highest BCUT2D eigenvalue weighted by molar-refractivity contribution is 7.90. The van der Waals surface area contributed by atoms with E-state index in [0.717, 1.165) is 7.11 Å². The minimum Gasteiger partial charge on any atom is -0.480 e. The molecule has 0 rings (SSSR count). The van der Waals surface area contributed by atoms with Crippen molar-refractivity contribution >= 4 is 22.0 Å². The molecule has 0 aromatic carbocycles. The van der Waals surface area contributed by atoms with E-state index in [1.54, 1.807) is 4.72 Å². The van der Waals surface area contributed by atoms with Gasteiger partial charge < -0.3 is 14.9 Å². The molecule has 8 nitrogen and oxygen atoms in total. The second-order valence-corrected chi connectivity index (χ2v) is 4.61. The maximum Gasteiger partial charge on any atom is 0.322 e. The van der Waals surface area contributed by atoms with E-state index in [2.05, 4.69) is 4.74 Å². The molecule has 16 heavy (non-hydrogen) atoms. The first-order valence-electron chi connectivity index (χ1n) is 4.23. The van der Waals surface area contributed by atoms with Crippen LogP contribution < -0.4 is 4.72 Å². The SMILES string of the molecule is COC(=O)CS(=O)(=O)N[C@@H](CCO)C(=O)O. The van der Waals surface area contributed by atoms with Crippen molar-refractivity contribution in [2.75, 3.05) is 19.5 Å². The predicted octanol–water partition coefficient (Wildman–Crippen LogP) is -2.09. The predicted molar refractivity (Wildman–Crippen MR) is 52.1 cm³/mol. The van der Waals surface area contributed by atoms with Crippen molar-refractivity contribution in [1.82, 2.24) is 4.72 Å². The lowest BCUT2D eigenvalue weighted by Gasteiger charge is -2.12. The van der Waals surface area contributed by atoms with Gasteiger partial charge in [-0.2, -0.15) is 0 Å². The Morgan fingerprint density at radius 2 is 2.00 bits per heavy atom. The molecule has 0 aliphatic rings. The van der Waals surface area contributed by atoms with Gasteiger partial charge in [-0.3, -0.25) is 9.59 Å². The number of hydrogen-bond acceptors (Lipinski definition) is 6. The third-order valence-electron chi connectivity index (χ3n) is 1.57. The van der Waals surface area contributed by atoms with Gasteiger partial charge in [-0.15, -0.1) is 0 Å². The van der Waals surface area contributed by atoms with Gasteiger partial charge in [0.1, 0.15) is 6.04 Å². The number of hydrogen-bond donors (Lipinski definition) is 3. The first kappa shape index (κ1) is 14.8. The van der Waals surface area contributed by atoms with E-state index in [9.17, 15) is 18.0 Å². The molecule has 0 radical (unpaired) electrons. The van der Waals surface area contributed by atoms with Crippen LogP contribution in [-0.4, -0.2) is 56.1 Å². The lowest BCUT2D eigenvalue weighted by Crippen LogP contribution is -2.43. The van der Waals surface area contributed by atoms with Crippen molar-refractivity contribution in [3.63, 3.8) is 0 Å². The van der Waals surface area contributed by atoms with Gasteiger partial charge in [0.2, 0.25) is 10.0 Å². The lowest BCUT2D eigenvalue weighted by atomic mass is 10.2. The quantitative estimate of drug-likeness (QED) is 0.445. The van der Waals surface area contributed by atoms with E-state index in [0.29, 0.717) is 0 Å². The Morgan fingerprint density at radius 1 is 1.44 bits per heavy atom. The summed E-state index contributed by atoms with van der Waals surface area (Å²) in [6.07, 6.45) is -0.282. The maximum absolute atomic E-state index is 11.2. The minimum atomic E-state index is -4.08. The van der Waals surface area contributed by atoms with Crippen LogP contribution in [0.4, 0.5) is 0 Å². The van der Waals surface area contributed by atoms with Gasteiger partial charge in [0.05, 0.1) is 7.11 Å². The van der Waals surface area contributed by atoms with Crippen LogP contribution in [0.25, 0.3) is 0 Å². The van der Waals surface area contributed by atoms with Gasteiger partial charge >= 0.3 is 11.9 Å². The second-order valence-electron chi connectivity index (χ2n) is 2.86. The maximum atomic E-state index is 11.2. The molecule has 1 atom stereocenters. The molecule has 0 spiro atoms. The highest BCUT2D eigenvalue weighted by atomic mass is 32.2. The third kappa shape index (κ3) is 5.63. The van der Waals surface area contributed by atoms with Crippen molar-refractivity contribution < 1.29 is 33.0 Å². The van der Waals surface area contributed by atoms with Crippen LogP contribution in [0.2, 0.25) is 0 Å². The third-order valence-corrected chi connectivity index (χ3v) is 2.83. The lowest BCUT2D eigenvalue weighted by molar-refractivity contribution is -0.140. The summed E-state index contributed by atoms with van der Waals surface area (Å²) in [7, 11) is -3.06. The molecular weight excluding hydrogens is 242 g/mol. The number of nitrogens with one attached hydrogen (secondary N) is 1. The van der Waals surface area contributed by atoms with Crippen LogP contribution in [0, 0.1) is 0 Å². The summed E-state index contributed by atoms with van der Waals surface area (Å²) in [6, 6.07) is -1.46. The molecule has 0 fully saturated rings. The number of aliphatic carboxylic acids is 1. The zero-order chi connectivity index (χ0) is 12.8. The fraction of sp³-hybridized carbons (Fsp3) is 0.714. The summed E-state index contributed by atoms with van der Waals surface area (Å²) in [4.78, 5) is 21.3. The Labute approximate surface area is 92.3 Å². The Kier molecular flexibility index (Phi) is 5.93. The molecule has 0 aromatic rings. The molecule has 0 heterocycles. The monoisotopic (exact) mass is 255 g/mol. The van der Waals surface area contributed by atoms with Gasteiger partial charge in [-0.1, -0.05) is 0 Å². The van der Waals surface area contributed by atoms with Crippen LogP contribution in [0.15, 0.2) is 0 Å². The Balaban J connectivity index is 4.54. The average Bonchev–Trinajstić information content (AvgIpc) is 2.15. The number of carbonyl (C=O) groups is 2. The van der Waals surface area contributed by atoms with Crippen molar-refractivity contribution in [1.29, 1.82) is 0 Å². The molecule has 0 aliphatic carbocycles. The highest BCUT2D eigenvalue weighted by Crippen LogP contribution is 1.96. The first-order chi connectivity index (χ1) is 7.32. The van der Waals surface area contributed by atoms with E-state index in [4.69, 9.17) is 10.2 Å². The fourth-order valence-corrected chi connectivity index (χ4v) is 2.00. The molecular formula is C7H13NO7S. The molecule has 3 N–H and O–H groups in total. The average molecular weight is 255 g/mol. The van der Waals surface area contributed by atoms with Crippen molar-refractivity contribution in [2.45, 2.75) is 12.5 Å². The van der Waals surface area contributed by atoms with E-state index in [-0.39, 0.29) is 6.42 Å². The number of ether oxygens (including phenoxy) is 1. The number of carboxylic acid groups (broad SMARTS) is 1. The number of carbonyl (C=O) groups excluding carboxylic acids is 1. The largest absolute Gasteiger partial charge is 0.480 e. The fourth-order valence-electron chi connectivity index (χ4n) is 0.834. The van der Waals surface area contributed by atoms with Crippen LogP contribution >= 0.6 is 0 Å². The number of carboxylic acids is 1. The molecule has 0 unspecified atom stereocenters. The zero-order valence-corrected chi connectivity index (χ0v) is 9.36. The highest BCUT2D eigenvalue weighted by Gasteiger charge is 2.25. The summed E-state index contributed by atoms with van der Waals surface area (Å²) in [5, 5.41) is 17.1. The Bertz CT molecular complexity index is 350. The molecule has 0 amide bonds. The normalized spacial score (nSPS) is 13.1. The summed E-state index contributed by atoms with van der Waals surface area (Å²) < 4.78 is 28.4. The van der Waals surface area contributed by atoms with Crippen LogP contribution in [-0.2, 0) is 24.3 Å². The van der Waals surface area contributed by atoms with Crippen molar-refractivity contribution in [2.24, 2.45) is 0 Å². The Hall–Kier alpha value is -1.19. The smallest absolute Gasteiger partial charge is 0.322 e. The Morgan fingerprint density at radius 3 is 2.38 bits per heavy atom. The number of aliphatic hydroxyl groups is 1. The number of rotatable bonds is 7. The molecule has 94 valence electrons. The summed E-state index contributed by atoms with van der Waals surface area (Å²) in [6.45, 7) is -0.488. The van der Waals surface area contributed by atoms with Crippen molar-refractivity contribution in [3.05, 3.63) is 0 Å². The van der Waals surface area contributed by atoms with Crippen LogP contribution in [0.5, 0.6) is 0 Å². The second kappa shape index (κ2) is 6.40. The van der Waals surface area contributed by atoms with Crippen molar-refractivity contribution in [3.8, 4) is 0 Å². The zero-order valence-electron chi connectivity index (χ0n) is 8.54. The van der Waals surface area contributed by atoms with Crippen LogP contribution in [0.3, 0.4) is 0 Å². The van der Waals surface area contributed by atoms with Gasteiger partial charge in [0, 0.05) is 6.61 Å². The molecule has 0 bridgehead atoms.